The third-order valence-electron chi connectivity index (χ3n) is 2.41. The summed E-state index contributed by atoms with van der Waals surface area (Å²) in [5.74, 6) is 0.0396. The first-order chi connectivity index (χ1) is 9.60. The molecular formula is C12H13BrClFN4O. The van der Waals surface area contributed by atoms with E-state index in [2.05, 4.69) is 43.7 Å². The first-order valence-corrected chi connectivity index (χ1v) is 7.22. The zero-order valence-electron chi connectivity index (χ0n) is 10.7. The van der Waals surface area contributed by atoms with Crippen LogP contribution in [0.25, 0.3) is 0 Å². The molecule has 0 unspecified atom stereocenters. The molecule has 0 atom stereocenters. The van der Waals surface area contributed by atoms with Gasteiger partial charge in [-0.1, -0.05) is 23.6 Å². The van der Waals surface area contributed by atoms with Gasteiger partial charge in [0.25, 0.3) is 0 Å². The number of hydrogen-bond donors (Lipinski definition) is 2. The third kappa shape index (κ3) is 3.91. The Labute approximate surface area is 129 Å². The molecule has 108 valence electrons. The maximum absolute atomic E-state index is 13.1. The minimum absolute atomic E-state index is 0.201. The van der Waals surface area contributed by atoms with E-state index in [1.165, 1.54) is 12.1 Å². The summed E-state index contributed by atoms with van der Waals surface area (Å²) in [6, 6.07) is 2.70. The zero-order chi connectivity index (χ0) is 14.5. The van der Waals surface area contributed by atoms with Crippen molar-refractivity contribution in [3.05, 3.63) is 33.3 Å². The largest absolute Gasteiger partial charge is 0.406 e. The van der Waals surface area contributed by atoms with Crippen LogP contribution in [0.2, 0.25) is 5.02 Å². The lowest BCUT2D eigenvalue weighted by molar-refractivity contribution is 0.479. The van der Waals surface area contributed by atoms with E-state index >= 15 is 0 Å². The van der Waals surface area contributed by atoms with Crippen LogP contribution in [-0.2, 0) is 6.54 Å². The van der Waals surface area contributed by atoms with Crippen LogP contribution < -0.4 is 10.6 Å². The average Bonchev–Trinajstić information content (AvgIpc) is 2.82. The number of anilines is 2. The maximum Gasteiger partial charge on any atom is 0.320 e. The topological polar surface area (TPSA) is 63.0 Å². The Balaban J connectivity index is 2.07. The van der Waals surface area contributed by atoms with Gasteiger partial charge in [-0.05, 0) is 41.0 Å². The van der Waals surface area contributed by atoms with Crippen LogP contribution in [0.5, 0.6) is 0 Å². The molecular weight excluding hydrogens is 351 g/mol. The fourth-order valence-corrected chi connectivity index (χ4v) is 2.42. The maximum atomic E-state index is 13.1. The van der Waals surface area contributed by atoms with Gasteiger partial charge in [0, 0.05) is 4.47 Å². The second kappa shape index (κ2) is 7.01. The van der Waals surface area contributed by atoms with Crippen molar-refractivity contribution in [3.63, 3.8) is 0 Å². The minimum Gasteiger partial charge on any atom is -0.406 e. The molecule has 0 aliphatic carbocycles. The highest BCUT2D eigenvalue weighted by Crippen LogP contribution is 2.33. The van der Waals surface area contributed by atoms with Crippen LogP contribution in [0.4, 0.5) is 16.1 Å². The van der Waals surface area contributed by atoms with Crippen LogP contribution in [0.15, 0.2) is 21.0 Å². The molecule has 8 heteroatoms. The average molecular weight is 364 g/mol. The summed E-state index contributed by atoms with van der Waals surface area (Å²) in [7, 11) is 0. The van der Waals surface area contributed by atoms with E-state index in [1.54, 1.807) is 0 Å². The first-order valence-electron chi connectivity index (χ1n) is 6.04. The van der Waals surface area contributed by atoms with E-state index in [0.29, 0.717) is 22.6 Å². The third-order valence-corrected chi connectivity index (χ3v) is 3.33. The summed E-state index contributed by atoms with van der Waals surface area (Å²) < 4.78 is 19.0. The molecule has 0 spiro atoms. The predicted octanol–water partition coefficient (Wildman–Crippen LogP) is 3.87. The van der Waals surface area contributed by atoms with Gasteiger partial charge in [0.05, 0.1) is 17.3 Å². The lowest BCUT2D eigenvalue weighted by atomic mass is 10.3. The van der Waals surface area contributed by atoms with Crippen molar-refractivity contribution in [3.8, 4) is 0 Å². The fourth-order valence-electron chi connectivity index (χ4n) is 1.52. The van der Waals surface area contributed by atoms with Gasteiger partial charge in [-0.15, -0.1) is 5.10 Å². The summed E-state index contributed by atoms with van der Waals surface area (Å²) >= 11 is 9.18. The van der Waals surface area contributed by atoms with Gasteiger partial charge in [-0.2, -0.15) is 0 Å². The molecule has 5 nitrogen and oxygen atoms in total. The number of nitrogens with one attached hydrogen (secondary N) is 2. The van der Waals surface area contributed by atoms with E-state index in [0.717, 1.165) is 13.0 Å². The van der Waals surface area contributed by atoms with Gasteiger partial charge in [0.2, 0.25) is 5.89 Å². The number of benzene rings is 1. The molecule has 2 rings (SSSR count). The molecule has 0 saturated carbocycles. The molecule has 2 aromatic rings. The summed E-state index contributed by atoms with van der Waals surface area (Å²) in [6.07, 6.45) is 1.03. The number of aromatic nitrogens is 2. The van der Waals surface area contributed by atoms with Crippen molar-refractivity contribution in [1.29, 1.82) is 0 Å². The molecule has 0 bridgehead atoms. The number of halogens is 3. The van der Waals surface area contributed by atoms with Crippen LogP contribution >= 0.6 is 27.5 Å². The SMILES string of the molecule is CCCNCc1nnc(Nc2c(Cl)cc(F)cc2Br)o1. The second-order valence-electron chi connectivity index (χ2n) is 4.05. The minimum atomic E-state index is -0.428. The summed E-state index contributed by atoms with van der Waals surface area (Å²) in [4.78, 5) is 0. The van der Waals surface area contributed by atoms with E-state index in [-0.39, 0.29) is 11.0 Å². The lowest BCUT2D eigenvalue weighted by Crippen LogP contribution is -2.13. The van der Waals surface area contributed by atoms with Crippen molar-refractivity contribution < 1.29 is 8.81 Å². The molecule has 2 N–H and O–H groups in total. The monoisotopic (exact) mass is 362 g/mol. The molecule has 0 saturated heterocycles. The molecule has 20 heavy (non-hydrogen) atoms. The predicted molar refractivity (Wildman–Crippen MR) is 78.7 cm³/mol. The summed E-state index contributed by atoms with van der Waals surface area (Å²) in [5, 5.41) is 14.0. The van der Waals surface area contributed by atoms with Crippen LogP contribution in [0, 0.1) is 5.82 Å². The van der Waals surface area contributed by atoms with Gasteiger partial charge >= 0.3 is 6.01 Å². The molecule has 1 aromatic carbocycles. The molecule has 1 heterocycles. The van der Waals surface area contributed by atoms with Gasteiger partial charge in [-0.3, -0.25) is 0 Å². The molecule has 0 amide bonds. The Bertz CT molecular complexity index is 570. The lowest BCUT2D eigenvalue weighted by Gasteiger charge is -2.06. The van der Waals surface area contributed by atoms with Crippen molar-refractivity contribution >= 4 is 39.2 Å². The van der Waals surface area contributed by atoms with Gasteiger partial charge < -0.3 is 15.1 Å². The van der Waals surface area contributed by atoms with Gasteiger partial charge in [0.15, 0.2) is 0 Å². The van der Waals surface area contributed by atoms with Gasteiger partial charge in [0.1, 0.15) is 5.82 Å². The van der Waals surface area contributed by atoms with Crippen LogP contribution in [0.1, 0.15) is 19.2 Å². The van der Waals surface area contributed by atoms with E-state index < -0.39 is 5.82 Å². The Hall–Kier alpha value is -1.18. The number of hydrogen-bond acceptors (Lipinski definition) is 5. The van der Waals surface area contributed by atoms with E-state index in [4.69, 9.17) is 16.0 Å². The quantitative estimate of drug-likeness (QED) is 0.763. The van der Waals surface area contributed by atoms with Crippen molar-refractivity contribution in [2.45, 2.75) is 19.9 Å². The fraction of sp³-hybridized carbons (Fsp3) is 0.333. The van der Waals surface area contributed by atoms with E-state index in [9.17, 15) is 4.39 Å². The van der Waals surface area contributed by atoms with Crippen molar-refractivity contribution in [1.82, 2.24) is 15.5 Å². The Morgan fingerprint density at radius 2 is 2.20 bits per heavy atom. The standard InChI is InChI=1S/C12H13BrClFN4O/c1-2-3-16-6-10-18-19-12(20-10)17-11-8(13)4-7(15)5-9(11)14/h4-5,16H,2-3,6H2,1H3,(H,17,19). The Morgan fingerprint density at radius 3 is 2.90 bits per heavy atom. The normalized spacial score (nSPS) is 10.8. The van der Waals surface area contributed by atoms with Crippen molar-refractivity contribution in [2.75, 3.05) is 11.9 Å². The smallest absolute Gasteiger partial charge is 0.320 e. The van der Waals surface area contributed by atoms with Gasteiger partial charge in [-0.25, -0.2) is 4.39 Å². The van der Waals surface area contributed by atoms with Crippen LogP contribution in [0.3, 0.4) is 0 Å². The highest BCUT2D eigenvalue weighted by Gasteiger charge is 2.12. The zero-order valence-corrected chi connectivity index (χ0v) is 13.1. The first kappa shape index (κ1) is 15.2. The number of nitrogens with zero attached hydrogens (tertiary/aromatic N) is 2. The molecule has 0 fully saturated rings. The Kier molecular flexibility index (Phi) is 5.33. The van der Waals surface area contributed by atoms with Crippen molar-refractivity contribution in [2.24, 2.45) is 0 Å². The van der Waals surface area contributed by atoms with E-state index in [1.807, 2.05) is 0 Å². The highest BCUT2D eigenvalue weighted by molar-refractivity contribution is 9.10. The summed E-state index contributed by atoms with van der Waals surface area (Å²) in [5.41, 5.74) is 0.477. The molecule has 0 aliphatic rings. The molecule has 1 aromatic heterocycles. The second-order valence-corrected chi connectivity index (χ2v) is 5.31. The summed E-state index contributed by atoms with van der Waals surface area (Å²) in [6.45, 7) is 3.45. The highest BCUT2D eigenvalue weighted by atomic mass is 79.9. The Morgan fingerprint density at radius 1 is 1.40 bits per heavy atom. The number of rotatable bonds is 6. The molecule has 0 radical (unpaired) electrons. The van der Waals surface area contributed by atoms with Crippen LogP contribution in [-0.4, -0.2) is 16.7 Å². The molecule has 0 aliphatic heterocycles.